The lowest BCUT2D eigenvalue weighted by atomic mass is 10.1. The first-order valence-corrected chi connectivity index (χ1v) is 4.48. The van der Waals surface area contributed by atoms with E-state index in [0.717, 1.165) is 5.56 Å². The average molecular weight is 197 g/mol. The third-order valence-electron chi connectivity index (χ3n) is 2.26. The second kappa shape index (κ2) is 3.00. The van der Waals surface area contributed by atoms with Crippen molar-refractivity contribution < 1.29 is 4.79 Å². The quantitative estimate of drug-likeness (QED) is 0.632. The zero-order valence-electron chi connectivity index (χ0n) is 7.25. The van der Waals surface area contributed by atoms with Crippen LogP contribution in [0.15, 0.2) is 12.3 Å². The van der Waals surface area contributed by atoms with Gasteiger partial charge in [-0.2, -0.15) is 0 Å². The predicted molar refractivity (Wildman–Crippen MR) is 51.0 cm³/mol. The minimum absolute atomic E-state index is 0.0993. The predicted octanol–water partition coefficient (Wildman–Crippen LogP) is 1.64. The van der Waals surface area contributed by atoms with Gasteiger partial charge in [0.05, 0.1) is 0 Å². The summed E-state index contributed by atoms with van der Waals surface area (Å²) >= 11 is 5.98. The summed E-state index contributed by atoms with van der Waals surface area (Å²) in [5, 5.41) is 0.698. The molecular weight excluding hydrogens is 188 g/mol. The van der Waals surface area contributed by atoms with Gasteiger partial charge in [-0.15, -0.1) is 0 Å². The minimum Gasteiger partial charge on any atom is -0.300 e. The molecule has 1 aliphatic rings. The molecule has 1 amide bonds. The van der Waals surface area contributed by atoms with E-state index in [2.05, 4.69) is 4.98 Å². The Morgan fingerprint density at radius 1 is 1.54 bits per heavy atom. The SMILES string of the molecule is CN1C(=O)CCc2c(Cl)ccnc21. The number of nitrogens with zero attached hydrogens (tertiary/aromatic N) is 2. The first kappa shape index (κ1) is 8.51. The number of pyridine rings is 1. The zero-order chi connectivity index (χ0) is 9.42. The second-order valence-corrected chi connectivity index (χ2v) is 3.45. The summed E-state index contributed by atoms with van der Waals surface area (Å²) in [5.74, 6) is 0.797. The molecule has 0 spiro atoms. The van der Waals surface area contributed by atoms with Crippen molar-refractivity contribution in [3.8, 4) is 0 Å². The molecule has 0 aliphatic carbocycles. The molecule has 0 bridgehead atoms. The van der Waals surface area contributed by atoms with Crippen LogP contribution in [0.2, 0.25) is 5.02 Å². The van der Waals surface area contributed by atoms with Crippen LogP contribution in [0, 0.1) is 0 Å². The van der Waals surface area contributed by atoms with Gasteiger partial charge in [-0.05, 0) is 12.5 Å². The molecule has 0 N–H and O–H groups in total. The second-order valence-electron chi connectivity index (χ2n) is 3.05. The first-order chi connectivity index (χ1) is 6.20. The van der Waals surface area contributed by atoms with E-state index in [-0.39, 0.29) is 5.91 Å². The van der Waals surface area contributed by atoms with Crippen LogP contribution in [-0.4, -0.2) is 17.9 Å². The molecule has 0 fully saturated rings. The molecule has 0 unspecified atom stereocenters. The molecule has 0 aromatic carbocycles. The standard InChI is InChI=1S/C9H9ClN2O/c1-12-8(13)3-2-6-7(10)4-5-11-9(6)12/h4-5H,2-3H2,1H3. The van der Waals surface area contributed by atoms with Crippen molar-refractivity contribution in [1.29, 1.82) is 0 Å². The Kier molecular flexibility index (Phi) is 1.96. The van der Waals surface area contributed by atoms with E-state index in [0.29, 0.717) is 23.7 Å². The molecule has 0 saturated carbocycles. The van der Waals surface area contributed by atoms with Crippen molar-refractivity contribution in [2.75, 3.05) is 11.9 Å². The molecule has 68 valence electrons. The fourth-order valence-electron chi connectivity index (χ4n) is 1.50. The van der Waals surface area contributed by atoms with Crippen LogP contribution >= 0.6 is 11.6 Å². The number of carbonyl (C=O) groups is 1. The van der Waals surface area contributed by atoms with E-state index >= 15 is 0 Å². The van der Waals surface area contributed by atoms with Gasteiger partial charge in [-0.1, -0.05) is 11.6 Å². The number of anilines is 1. The van der Waals surface area contributed by atoms with Gasteiger partial charge in [0.2, 0.25) is 5.91 Å². The number of hydrogen-bond acceptors (Lipinski definition) is 2. The van der Waals surface area contributed by atoms with Crippen LogP contribution in [-0.2, 0) is 11.2 Å². The van der Waals surface area contributed by atoms with E-state index < -0.39 is 0 Å². The summed E-state index contributed by atoms with van der Waals surface area (Å²) in [5.41, 5.74) is 0.978. The highest BCUT2D eigenvalue weighted by Gasteiger charge is 2.23. The summed E-state index contributed by atoms with van der Waals surface area (Å²) in [6.07, 6.45) is 2.84. The lowest BCUT2D eigenvalue weighted by Crippen LogP contribution is -2.32. The molecule has 0 atom stereocenters. The number of aromatic nitrogens is 1. The van der Waals surface area contributed by atoms with Gasteiger partial charge >= 0.3 is 0 Å². The van der Waals surface area contributed by atoms with E-state index in [4.69, 9.17) is 11.6 Å². The average Bonchev–Trinajstić information content (AvgIpc) is 2.12. The minimum atomic E-state index is 0.0993. The molecule has 1 aromatic rings. The molecule has 2 rings (SSSR count). The molecule has 4 heteroatoms. The first-order valence-electron chi connectivity index (χ1n) is 4.10. The van der Waals surface area contributed by atoms with Crippen LogP contribution in [0.5, 0.6) is 0 Å². The Balaban J connectivity index is 2.55. The molecule has 1 aliphatic heterocycles. The van der Waals surface area contributed by atoms with Gasteiger partial charge in [0.15, 0.2) is 0 Å². The highest BCUT2D eigenvalue weighted by molar-refractivity contribution is 6.31. The number of fused-ring (bicyclic) bond motifs is 1. The monoisotopic (exact) mass is 196 g/mol. The van der Waals surface area contributed by atoms with Crippen molar-refractivity contribution in [2.24, 2.45) is 0 Å². The Labute approximate surface area is 81.3 Å². The van der Waals surface area contributed by atoms with Crippen LogP contribution in [0.25, 0.3) is 0 Å². The zero-order valence-corrected chi connectivity index (χ0v) is 8.01. The summed E-state index contributed by atoms with van der Waals surface area (Å²) in [6.45, 7) is 0. The lowest BCUT2D eigenvalue weighted by Gasteiger charge is -2.24. The number of rotatable bonds is 0. The lowest BCUT2D eigenvalue weighted by molar-refractivity contribution is -0.118. The van der Waals surface area contributed by atoms with Gasteiger partial charge in [0.25, 0.3) is 0 Å². The van der Waals surface area contributed by atoms with E-state index in [1.165, 1.54) is 0 Å². The number of hydrogen-bond donors (Lipinski definition) is 0. The molecule has 0 radical (unpaired) electrons. The molecule has 0 saturated heterocycles. The largest absolute Gasteiger partial charge is 0.300 e. The summed E-state index contributed by atoms with van der Waals surface area (Å²) in [7, 11) is 1.73. The summed E-state index contributed by atoms with van der Waals surface area (Å²) in [6, 6.07) is 1.75. The van der Waals surface area contributed by atoms with Crippen molar-refractivity contribution in [3.63, 3.8) is 0 Å². The fraction of sp³-hybridized carbons (Fsp3) is 0.333. The number of carbonyl (C=O) groups excluding carboxylic acids is 1. The molecule has 1 aromatic heterocycles. The Morgan fingerprint density at radius 3 is 3.08 bits per heavy atom. The fourth-order valence-corrected chi connectivity index (χ4v) is 1.73. The topological polar surface area (TPSA) is 33.2 Å². The van der Waals surface area contributed by atoms with Gasteiger partial charge in [-0.25, -0.2) is 4.98 Å². The van der Waals surface area contributed by atoms with Crippen LogP contribution < -0.4 is 4.90 Å². The maximum absolute atomic E-state index is 11.3. The van der Waals surface area contributed by atoms with Crippen molar-refractivity contribution in [3.05, 3.63) is 22.8 Å². The Bertz CT molecular complexity index is 365. The van der Waals surface area contributed by atoms with E-state index in [1.807, 2.05) is 0 Å². The van der Waals surface area contributed by atoms with Crippen molar-refractivity contribution in [1.82, 2.24) is 4.98 Å². The molecular formula is C9H9ClN2O. The summed E-state index contributed by atoms with van der Waals surface area (Å²) in [4.78, 5) is 17.0. The molecule has 2 heterocycles. The van der Waals surface area contributed by atoms with E-state index in [9.17, 15) is 4.79 Å². The van der Waals surface area contributed by atoms with Crippen molar-refractivity contribution in [2.45, 2.75) is 12.8 Å². The smallest absolute Gasteiger partial charge is 0.228 e. The van der Waals surface area contributed by atoms with E-state index in [1.54, 1.807) is 24.2 Å². The van der Waals surface area contributed by atoms with Crippen molar-refractivity contribution >= 4 is 23.3 Å². The van der Waals surface area contributed by atoms with Gasteiger partial charge < -0.3 is 0 Å². The molecule has 3 nitrogen and oxygen atoms in total. The highest BCUT2D eigenvalue weighted by Crippen LogP contribution is 2.29. The Hall–Kier alpha value is -1.09. The van der Waals surface area contributed by atoms with Crippen LogP contribution in [0.1, 0.15) is 12.0 Å². The van der Waals surface area contributed by atoms with Gasteiger partial charge in [0, 0.05) is 30.3 Å². The third kappa shape index (κ3) is 1.29. The van der Waals surface area contributed by atoms with Gasteiger partial charge in [0.1, 0.15) is 5.82 Å². The number of halogens is 1. The van der Waals surface area contributed by atoms with Crippen LogP contribution in [0.4, 0.5) is 5.82 Å². The number of amides is 1. The Morgan fingerprint density at radius 2 is 2.31 bits per heavy atom. The third-order valence-corrected chi connectivity index (χ3v) is 2.61. The maximum Gasteiger partial charge on any atom is 0.228 e. The molecule has 13 heavy (non-hydrogen) atoms. The highest BCUT2D eigenvalue weighted by atomic mass is 35.5. The van der Waals surface area contributed by atoms with Gasteiger partial charge in [-0.3, -0.25) is 9.69 Å². The maximum atomic E-state index is 11.3. The van der Waals surface area contributed by atoms with Crippen LogP contribution in [0.3, 0.4) is 0 Å². The normalized spacial score (nSPS) is 15.8. The summed E-state index contributed by atoms with van der Waals surface area (Å²) < 4.78 is 0.